The lowest BCUT2D eigenvalue weighted by molar-refractivity contribution is 0.00165. The van der Waals surface area contributed by atoms with E-state index in [1.807, 2.05) is 13.8 Å². The summed E-state index contributed by atoms with van der Waals surface area (Å²) in [5.74, 6) is -2.61. The molecule has 0 N–H and O–H groups in total. The molecule has 0 saturated carbocycles. The highest BCUT2D eigenvalue weighted by Crippen LogP contribution is 2.19. The standard InChI is InChI=1S/C11H14F2N4/c1-7(2)8-4-14-9-5-15-17(10(9)16-8)6-11(3,12)13/h4-5,7H,6H2,1-3H3. The van der Waals surface area contributed by atoms with Crippen molar-refractivity contribution in [1.82, 2.24) is 19.7 Å². The largest absolute Gasteiger partial charge is 0.264 e. The Morgan fingerprint density at radius 2 is 2.06 bits per heavy atom. The fourth-order valence-corrected chi connectivity index (χ4v) is 1.52. The molecule has 2 aromatic rings. The fourth-order valence-electron chi connectivity index (χ4n) is 1.52. The van der Waals surface area contributed by atoms with Crippen molar-refractivity contribution in [1.29, 1.82) is 0 Å². The van der Waals surface area contributed by atoms with E-state index >= 15 is 0 Å². The Morgan fingerprint density at radius 1 is 1.35 bits per heavy atom. The molecule has 17 heavy (non-hydrogen) atoms. The van der Waals surface area contributed by atoms with Crippen LogP contribution in [0.4, 0.5) is 8.78 Å². The van der Waals surface area contributed by atoms with Gasteiger partial charge in [0.05, 0.1) is 11.9 Å². The van der Waals surface area contributed by atoms with Crippen LogP contribution in [0, 0.1) is 0 Å². The van der Waals surface area contributed by atoms with Gasteiger partial charge in [0.1, 0.15) is 12.1 Å². The smallest absolute Gasteiger partial charge is 0.249 e. The summed E-state index contributed by atoms with van der Waals surface area (Å²) in [4.78, 5) is 8.49. The van der Waals surface area contributed by atoms with E-state index < -0.39 is 12.5 Å². The minimum atomic E-state index is -2.81. The first-order valence-corrected chi connectivity index (χ1v) is 5.43. The van der Waals surface area contributed by atoms with E-state index in [1.54, 1.807) is 6.20 Å². The number of fused-ring (bicyclic) bond motifs is 1. The lowest BCUT2D eigenvalue weighted by Crippen LogP contribution is -2.20. The summed E-state index contributed by atoms with van der Waals surface area (Å²) in [5, 5.41) is 3.89. The molecule has 0 spiro atoms. The molecule has 0 saturated heterocycles. The van der Waals surface area contributed by atoms with Gasteiger partial charge < -0.3 is 0 Å². The Balaban J connectivity index is 2.47. The van der Waals surface area contributed by atoms with E-state index in [-0.39, 0.29) is 5.92 Å². The van der Waals surface area contributed by atoms with E-state index in [0.29, 0.717) is 11.2 Å². The van der Waals surface area contributed by atoms with Crippen LogP contribution in [0.25, 0.3) is 11.2 Å². The van der Waals surface area contributed by atoms with Crippen LogP contribution >= 0.6 is 0 Å². The third-order valence-electron chi connectivity index (χ3n) is 2.38. The maximum Gasteiger partial charge on any atom is 0.264 e. The van der Waals surface area contributed by atoms with Crippen LogP contribution in [0.1, 0.15) is 32.4 Å². The lowest BCUT2D eigenvalue weighted by Gasteiger charge is -2.11. The first-order valence-electron chi connectivity index (χ1n) is 5.43. The molecule has 0 atom stereocenters. The van der Waals surface area contributed by atoms with Gasteiger partial charge in [0.25, 0.3) is 5.92 Å². The van der Waals surface area contributed by atoms with E-state index in [2.05, 4.69) is 15.1 Å². The zero-order valence-corrected chi connectivity index (χ0v) is 9.98. The molecular formula is C11H14F2N4. The van der Waals surface area contributed by atoms with Crippen LogP contribution in [-0.4, -0.2) is 25.7 Å². The van der Waals surface area contributed by atoms with Crippen molar-refractivity contribution < 1.29 is 8.78 Å². The fraction of sp³-hybridized carbons (Fsp3) is 0.545. The molecule has 2 rings (SSSR count). The molecule has 0 fully saturated rings. The summed E-state index contributed by atoms with van der Waals surface area (Å²) in [6.45, 7) is 4.34. The van der Waals surface area contributed by atoms with Gasteiger partial charge >= 0.3 is 0 Å². The first kappa shape index (κ1) is 11.9. The van der Waals surface area contributed by atoms with Gasteiger partial charge in [-0.05, 0) is 5.92 Å². The first-order chi connectivity index (χ1) is 7.87. The average molecular weight is 240 g/mol. The molecule has 92 valence electrons. The highest BCUT2D eigenvalue weighted by molar-refractivity contribution is 5.69. The van der Waals surface area contributed by atoms with Crippen molar-refractivity contribution in [3.8, 4) is 0 Å². The second-order valence-corrected chi connectivity index (χ2v) is 4.53. The number of hydrogen-bond acceptors (Lipinski definition) is 3. The third-order valence-corrected chi connectivity index (χ3v) is 2.38. The maximum absolute atomic E-state index is 13.0. The average Bonchev–Trinajstić information content (AvgIpc) is 2.58. The van der Waals surface area contributed by atoms with Crippen LogP contribution in [-0.2, 0) is 6.54 Å². The minimum absolute atomic E-state index is 0.206. The van der Waals surface area contributed by atoms with E-state index in [9.17, 15) is 8.78 Å². The number of halogens is 2. The predicted molar refractivity (Wildman–Crippen MR) is 60.0 cm³/mol. The Morgan fingerprint density at radius 3 is 2.65 bits per heavy atom. The summed E-state index contributed by atoms with van der Waals surface area (Å²) in [5.41, 5.74) is 1.73. The Hall–Kier alpha value is -1.59. The lowest BCUT2D eigenvalue weighted by atomic mass is 10.1. The number of aromatic nitrogens is 4. The van der Waals surface area contributed by atoms with Gasteiger partial charge in [-0.3, -0.25) is 0 Å². The van der Waals surface area contributed by atoms with Crippen LogP contribution in [0.15, 0.2) is 12.4 Å². The molecule has 0 bridgehead atoms. The number of rotatable bonds is 3. The van der Waals surface area contributed by atoms with Gasteiger partial charge in [0.15, 0.2) is 5.65 Å². The molecule has 0 unspecified atom stereocenters. The van der Waals surface area contributed by atoms with E-state index in [1.165, 1.54) is 10.9 Å². The second kappa shape index (κ2) is 4.01. The predicted octanol–water partition coefficient (Wildman–Crippen LogP) is 2.60. The van der Waals surface area contributed by atoms with Gasteiger partial charge in [-0.2, -0.15) is 5.10 Å². The highest BCUT2D eigenvalue weighted by Gasteiger charge is 2.24. The molecule has 2 aromatic heterocycles. The zero-order chi connectivity index (χ0) is 12.6. The van der Waals surface area contributed by atoms with Crippen molar-refractivity contribution in [3.63, 3.8) is 0 Å². The molecule has 0 aliphatic rings. The summed E-state index contributed by atoms with van der Waals surface area (Å²) in [6.07, 6.45) is 3.11. The van der Waals surface area contributed by atoms with Gasteiger partial charge in [0, 0.05) is 13.1 Å². The number of nitrogens with zero attached hydrogens (tertiary/aromatic N) is 4. The molecule has 0 amide bonds. The summed E-state index contributed by atoms with van der Waals surface area (Å²) in [6, 6.07) is 0. The molecular weight excluding hydrogens is 226 g/mol. The molecule has 4 nitrogen and oxygen atoms in total. The van der Waals surface area contributed by atoms with Crippen molar-refractivity contribution in [3.05, 3.63) is 18.1 Å². The van der Waals surface area contributed by atoms with Crippen molar-refractivity contribution in [2.24, 2.45) is 0 Å². The SMILES string of the molecule is CC(C)c1cnc2cnn(CC(C)(F)F)c2n1. The highest BCUT2D eigenvalue weighted by atomic mass is 19.3. The molecule has 0 aliphatic heterocycles. The summed E-state index contributed by atoms with van der Waals surface area (Å²) in [7, 11) is 0. The third kappa shape index (κ3) is 2.57. The maximum atomic E-state index is 13.0. The number of hydrogen-bond donors (Lipinski definition) is 0. The van der Waals surface area contributed by atoms with Crippen LogP contribution in [0.2, 0.25) is 0 Å². The normalized spacial score (nSPS) is 12.6. The van der Waals surface area contributed by atoms with Gasteiger partial charge in [-0.1, -0.05) is 13.8 Å². The van der Waals surface area contributed by atoms with E-state index in [0.717, 1.165) is 12.6 Å². The van der Waals surface area contributed by atoms with Gasteiger partial charge in [0.2, 0.25) is 0 Å². The van der Waals surface area contributed by atoms with Gasteiger partial charge in [-0.15, -0.1) is 0 Å². The quantitative estimate of drug-likeness (QED) is 0.828. The second-order valence-electron chi connectivity index (χ2n) is 4.53. The Kier molecular flexibility index (Phi) is 2.81. The Bertz CT molecular complexity index is 528. The molecule has 2 heterocycles. The van der Waals surface area contributed by atoms with Crippen molar-refractivity contribution in [2.45, 2.75) is 39.2 Å². The molecule has 0 aliphatic carbocycles. The summed E-state index contributed by atoms with van der Waals surface area (Å²) < 4.78 is 27.1. The van der Waals surface area contributed by atoms with Crippen LogP contribution in [0.5, 0.6) is 0 Å². The minimum Gasteiger partial charge on any atom is -0.249 e. The zero-order valence-electron chi connectivity index (χ0n) is 9.98. The van der Waals surface area contributed by atoms with E-state index in [4.69, 9.17) is 0 Å². The molecule has 6 heteroatoms. The Labute approximate surface area is 97.7 Å². The molecule has 0 radical (unpaired) electrons. The summed E-state index contributed by atoms with van der Waals surface area (Å²) >= 11 is 0. The van der Waals surface area contributed by atoms with Crippen LogP contribution in [0.3, 0.4) is 0 Å². The van der Waals surface area contributed by atoms with Crippen molar-refractivity contribution in [2.75, 3.05) is 0 Å². The monoisotopic (exact) mass is 240 g/mol. The number of alkyl halides is 2. The molecule has 0 aromatic carbocycles. The van der Waals surface area contributed by atoms with Crippen molar-refractivity contribution >= 4 is 11.2 Å². The van der Waals surface area contributed by atoms with Gasteiger partial charge in [-0.25, -0.2) is 23.4 Å². The van der Waals surface area contributed by atoms with Crippen LogP contribution < -0.4 is 0 Å². The topological polar surface area (TPSA) is 43.6 Å².